The number of amides is 1. The Morgan fingerprint density at radius 1 is 1.09 bits per heavy atom. The number of hydrogen-bond acceptors (Lipinski definition) is 5. The maximum Gasteiger partial charge on any atom is 0.407 e. The van der Waals surface area contributed by atoms with Crippen molar-refractivity contribution in [3.63, 3.8) is 0 Å². The zero-order valence-corrected chi connectivity index (χ0v) is 12.4. The number of ether oxygens (including phenoxy) is 1. The predicted molar refractivity (Wildman–Crippen MR) is 77.2 cm³/mol. The zero-order chi connectivity index (χ0) is 16.4. The number of carboxylic acid groups (broad SMARTS) is 1. The average molecular weight is 331 g/mol. The van der Waals surface area contributed by atoms with Gasteiger partial charge >= 0.3 is 12.1 Å². The molecule has 0 saturated heterocycles. The van der Waals surface area contributed by atoms with Gasteiger partial charge in [-0.3, -0.25) is 4.79 Å². The minimum Gasteiger partial charge on any atom is -0.480 e. The number of carboxylic acids is 1. The molecule has 1 rings (SSSR count). The normalized spacial score (nSPS) is 10.9. The van der Waals surface area contributed by atoms with Crippen molar-refractivity contribution in [2.45, 2.75) is 6.61 Å². The second-order valence-corrected chi connectivity index (χ2v) is 5.69. The molecule has 0 atom stereocenters. The molecule has 0 heterocycles. The summed E-state index contributed by atoms with van der Waals surface area (Å²) in [6.45, 7) is -0.711. The molecule has 9 nitrogen and oxygen atoms in total. The molecule has 0 spiro atoms. The fourth-order valence-corrected chi connectivity index (χ4v) is 2.12. The molecule has 1 aromatic rings. The molecule has 0 radical (unpaired) electrons. The van der Waals surface area contributed by atoms with Crippen molar-refractivity contribution < 1.29 is 27.9 Å². The molecule has 0 fully saturated rings. The van der Waals surface area contributed by atoms with Crippen molar-refractivity contribution in [2.24, 2.45) is 0 Å². The molecule has 0 bridgehead atoms. The van der Waals surface area contributed by atoms with Crippen molar-refractivity contribution in [3.8, 4) is 0 Å². The van der Waals surface area contributed by atoms with E-state index in [0.29, 0.717) is 0 Å². The SMILES string of the molecule is O=C(O)CNS(=O)(=O)NCCNC(=O)OCc1ccccc1. The summed E-state index contributed by atoms with van der Waals surface area (Å²) < 4.78 is 31.3. The van der Waals surface area contributed by atoms with E-state index in [1.807, 2.05) is 22.9 Å². The molecule has 0 unspecified atom stereocenters. The standard InChI is InChI=1S/C12H17N3O6S/c16-11(17)8-15-22(19,20)14-7-6-13-12(18)21-9-10-4-2-1-3-5-10/h1-5,14-15H,6-9H2,(H,13,18)(H,16,17). The van der Waals surface area contributed by atoms with Gasteiger partial charge in [0, 0.05) is 13.1 Å². The van der Waals surface area contributed by atoms with E-state index in [4.69, 9.17) is 9.84 Å². The topological polar surface area (TPSA) is 134 Å². The van der Waals surface area contributed by atoms with E-state index in [1.54, 1.807) is 12.1 Å². The first kappa shape index (κ1) is 17.9. The van der Waals surface area contributed by atoms with Gasteiger partial charge in [0.25, 0.3) is 10.2 Å². The smallest absolute Gasteiger partial charge is 0.407 e. The van der Waals surface area contributed by atoms with E-state index >= 15 is 0 Å². The van der Waals surface area contributed by atoms with Gasteiger partial charge in [0.15, 0.2) is 0 Å². The number of hydrogen-bond donors (Lipinski definition) is 4. The highest BCUT2D eigenvalue weighted by molar-refractivity contribution is 7.87. The molecule has 1 amide bonds. The Morgan fingerprint density at radius 3 is 2.41 bits per heavy atom. The quantitative estimate of drug-likeness (QED) is 0.447. The van der Waals surface area contributed by atoms with Crippen molar-refractivity contribution in [3.05, 3.63) is 35.9 Å². The molecule has 122 valence electrons. The van der Waals surface area contributed by atoms with E-state index in [0.717, 1.165) is 5.56 Å². The fourth-order valence-electron chi connectivity index (χ4n) is 1.33. The first-order valence-electron chi connectivity index (χ1n) is 6.29. The van der Waals surface area contributed by atoms with Crippen LogP contribution in [0.5, 0.6) is 0 Å². The second-order valence-electron chi connectivity index (χ2n) is 4.10. The van der Waals surface area contributed by atoms with E-state index in [9.17, 15) is 18.0 Å². The van der Waals surface area contributed by atoms with Crippen LogP contribution in [0.15, 0.2) is 30.3 Å². The third kappa shape index (κ3) is 8.19. The van der Waals surface area contributed by atoms with Crippen LogP contribution >= 0.6 is 0 Å². The van der Waals surface area contributed by atoms with Crippen LogP contribution in [0.3, 0.4) is 0 Å². The van der Waals surface area contributed by atoms with Gasteiger partial charge in [0.1, 0.15) is 13.2 Å². The lowest BCUT2D eigenvalue weighted by Crippen LogP contribution is -2.42. The van der Waals surface area contributed by atoms with Crippen LogP contribution in [0.25, 0.3) is 0 Å². The zero-order valence-electron chi connectivity index (χ0n) is 11.6. The van der Waals surface area contributed by atoms with Gasteiger partial charge < -0.3 is 15.2 Å². The highest BCUT2D eigenvalue weighted by atomic mass is 32.2. The maximum absolute atomic E-state index is 11.4. The molecule has 4 N–H and O–H groups in total. The van der Waals surface area contributed by atoms with E-state index in [1.165, 1.54) is 0 Å². The van der Waals surface area contributed by atoms with E-state index in [-0.39, 0.29) is 19.7 Å². The van der Waals surface area contributed by atoms with Gasteiger partial charge in [-0.05, 0) is 5.56 Å². The highest BCUT2D eigenvalue weighted by Gasteiger charge is 2.10. The summed E-state index contributed by atoms with van der Waals surface area (Å²) in [6, 6.07) is 9.07. The number of alkyl carbamates (subject to hydrolysis) is 1. The number of carbonyl (C=O) groups is 2. The number of aliphatic carboxylic acids is 1. The lowest BCUT2D eigenvalue weighted by atomic mass is 10.2. The van der Waals surface area contributed by atoms with Crippen LogP contribution in [-0.2, 0) is 26.3 Å². The summed E-state index contributed by atoms with van der Waals surface area (Å²) >= 11 is 0. The molecular formula is C12H17N3O6S. The van der Waals surface area contributed by atoms with Crippen molar-refractivity contribution in [1.29, 1.82) is 0 Å². The number of rotatable bonds is 9. The molecule has 1 aromatic carbocycles. The average Bonchev–Trinajstić information content (AvgIpc) is 2.49. The summed E-state index contributed by atoms with van der Waals surface area (Å²) in [5, 5.41) is 10.7. The molecule has 0 aromatic heterocycles. The van der Waals surface area contributed by atoms with Crippen LogP contribution in [0.1, 0.15) is 5.56 Å². The number of carbonyl (C=O) groups excluding carboxylic acids is 1. The van der Waals surface area contributed by atoms with E-state index in [2.05, 4.69) is 10.0 Å². The third-order valence-electron chi connectivity index (χ3n) is 2.31. The van der Waals surface area contributed by atoms with Gasteiger partial charge in [-0.1, -0.05) is 30.3 Å². The van der Waals surface area contributed by atoms with Gasteiger partial charge in [-0.15, -0.1) is 0 Å². The van der Waals surface area contributed by atoms with Crippen molar-refractivity contribution in [2.75, 3.05) is 19.6 Å². The Hall–Kier alpha value is -2.17. The first-order chi connectivity index (χ1) is 10.4. The van der Waals surface area contributed by atoms with Crippen LogP contribution < -0.4 is 14.8 Å². The Morgan fingerprint density at radius 2 is 1.77 bits per heavy atom. The van der Waals surface area contributed by atoms with Crippen molar-refractivity contribution in [1.82, 2.24) is 14.8 Å². The second kappa shape index (κ2) is 8.97. The summed E-state index contributed by atoms with van der Waals surface area (Å²) in [5.41, 5.74) is 0.830. The molecule has 0 aliphatic carbocycles. The summed E-state index contributed by atoms with van der Waals surface area (Å²) in [7, 11) is -3.90. The van der Waals surface area contributed by atoms with Gasteiger partial charge in [-0.2, -0.15) is 13.1 Å². The van der Waals surface area contributed by atoms with Crippen molar-refractivity contribution >= 4 is 22.3 Å². The Kier molecular flexibility index (Phi) is 7.29. The Labute approximate surface area is 127 Å². The van der Waals surface area contributed by atoms with Crippen LogP contribution in [0, 0.1) is 0 Å². The highest BCUT2D eigenvalue weighted by Crippen LogP contribution is 2.00. The summed E-state index contributed by atoms with van der Waals surface area (Å²) in [5.74, 6) is -1.30. The molecule has 10 heteroatoms. The summed E-state index contributed by atoms with van der Waals surface area (Å²) in [6.07, 6.45) is -0.679. The lowest BCUT2D eigenvalue weighted by molar-refractivity contribution is -0.135. The predicted octanol–water partition coefficient (Wildman–Crippen LogP) is -0.579. The Bertz CT molecular complexity index is 590. The van der Waals surface area contributed by atoms with Gasteiger partial charge in [-0.25, -0.2) is 9.52 Å². The molecule has 0 aliphatic heterocycles. The lowest BCUT2D eigenvalue weighted by Gasteiger charge is -2.08. The van der Waals surface area contributed by atoms with Crippen LogP contribution in [0.4, 0.5) is 4.79 Å². The van der Waals surface area contributed by atoms with Crippen LogP contribution in [0.2, 0.25) is 0 Å². The Balaban J connectivity index is 2.16. The van der Waals surface area contributed by atoms with E-state index < -0.39 is 28.8 Å². The minimum absolute atomic E-state index is 0.00159. The molecule has 0 saturated carbocycles. The van der Waals surface area contributed by atoms with Gasteiger partial charge in [0.2, 0.25) is 0 Å². The number of benzene rings is 1. The minimum atomic E-state index is -3.90. The number of nitrogens with one attached hydrogen (secondary N) is 3. The maximum atomic E-state index is 11.4. The third-order valence-corrected chi connectivity index (χ3v) is 3.42. The van der Waals surface area contributed by atoms with Crippen LogP contribution in [-0.4, -0.2) is 45.2 Å². The summed E-state index contributed by atoms with van der Waals surface area (Å²) in [4.78, 5) is 21.6. The first-order valence-corrected chi connectivity index (χ1v) is 7.78. The largest absolute Gasteiger partial charge is 0.480 e. The molecule has 0 aliphatic rings. The molecule has 22 heavy (non-hydrogen) atoms. The van der Waals surface area contributed by atoms with Gasteiger partial charge in [0.05, 0.1) is 0 Å². The monoisotopic (exact) mass is 331 g/mol. The molecular weight excluding hydrogens is 314 g/mol. The fraction of sp³-hybridized carbons (Fsp3) is 0.333.